The maximum atomic E-state index is 8.75. The van der Waals surface area contributed by atoms with Crippen LogP contribution in [-0.4, -0.2) is 0 Å². The van der Waals surface area contributed by atoms with Crippen LogP contribution in [0.1, 0.15) is 5.56 Å². The van der Waals surface area contributed by atoms with E-state index in [4.69, 9.17) is 5.26 Å². The molecule has 0 saturated carbocycles. The number of aryl methyl sites for hydroxylation is 1. The second-order valence-corrected chi connectivity index (χ2v) is 7.60. The first-order valence-electron chi connectivity index (χ1n) is 9.17. The molecule has 28 heavy (non-hydrogen) atoms. The molecule has 0 unspecified atom stereocenters. The van der Waals surface area contributed by atoms with Crippen molar-refractivity contribution in [2.24, 2.45) is 0 Å². The fraction of sp³-hybridized carbons (Fsp3) is 0.0385. The number of nitrogens with zero attached hydrogens (tertiary/aromatic N) is 1. The van der Waals surface area contributed by atoms with E-state index in [2.05, 4.69) is 97.3 Å². The minimum Gasteiger partial charge on any atom is -0.185 e. The molecule has 0 bridgehead atoms. The Balaban J connectivity index is 1.53. The smallest absolute Gasteiger partial charge is 0.138 e. The number of thiocyanates is 1. The van der Waals surface area contributed by atoms with Gasteiger partial charge in [0.2, 0.25) is 0 Å². The van der Waals surface area contributed by atoms with Crippen molar-refractivity contribution in [1.29, 1.82) is 5.26 Å². The van der Waals surface area contributed by atoms with E-state index in [1.807, 2.05) is 12.1 Å². The topological polar surface area (TPSA) is 23.8 Å². The second kappa shape index (κ2) is 8.17. The molecule has 4 aromatic rings. The van der Waals surface area contributed by atoms with E-state index < -0.39 is 0 Å². The lowest BCUT2D eigenvalue weighted by Gasteiger charge is -2.07. The summed E-state index contributed by atoms with van der Waals surface area (Å²) in [6.07, 6.45) is 0. The van der Waals surface area contributed by atoms with E-state index in [1.54, 1.807) is 0 Å². The predicted molar refractivity (Wildman–Crippen MR) is 119 cm³/mol. The molecular weight excluding hydrogens is 358 g/mol. The minimum absolute atomic E-state index is 0.969. The molecule has 1 nitrogen and oxygen atoms in total. The van der Waals surface area contributed by atoms with Gasteiger partial charge in [-0.25, -0.2) is 0 Å². The summed E-state index contributed by atoms with van der Waals surface area (Å²) in [5.74, 6) is 0. The lowest BCUT2D eigenvalue weighted by molar-refractivity contribution is 1.46. The molecule has 0 heterocycles. The van der Waals surface area contributed by atoms with Crippen LogP contribution in [-0.2, 0) is 0 Å². The van der Waals surface area contributed by atoms with Crippen molar-refractivity contribution >= 4 is 11.8 Å². The van der Waals surface area contributed by atoms with Crippen molar-refractivity contribution in [3.05, 3.63) is 103 Å². The largest absolute Gasteiger partial charge is 0.185 e. The van der Waals surface area contributed by atoms with Crippen LogP contribution < -0.4 is 0 Å². The molecule has 0 N–H and O–H groups in total. The maximum absolute atomic E-state index is 8.75. The van der Waals surface area contributed by atoms with Gasteiger partial charge in [-0.15, -0.1) is 0 Å². The van der Waals surface area contributed by atoms with E-state index in [-0.39, 0.29) is 0 Å². The van der Waals surface area contributed by atoms with Crippen molar-refractivity contribution in [3.63, 3.8) is 0 Å². The van der Waals surface area contributed by atoms with E-state index in [1.165, 1.54) is 45.1 Å². The average Bonchev–Trinajstić information content (AvgIpc) is 2.75. The summed E-state index contributed by atoms with van der Waals surface area (Å²) in [5, 5.41) is 10.9. The monoisotopic (exact) mass is 377 g/mol. The van der Waals surface area contributed by atoms with Gasteiger partial charge in [-0.3, -0.25) is 0 Å². The van der Waals surface area contributed by atoms with E-state index in [0.29, 0.717) is 0 Å². The van der Waals surface area contributed by atoms with Crippen LogP contribution in [0.25, 0.3) is 33.4 Å². The highest BCUT2D eigenvalue weighted by atomic mass is 32.2. The fourth-order valence-corrected chi connectivity index (χ4v) is 3.60. The molecule has 0 aliphatic heterocycles. The van der Waals surface area contributed by atoms with Gasteiger partial charge in [-0.2, -0.15) is 5.26 Å². The van der Waals surface area contributed by atoms with Gasteiger partial charge in [0.1, 0.15) is 5.40 Å². The zero-order valence-corrected chi connectivity index (χ0v) is 16.4. The standard InChI is InChI=1S/C26H19NS/c1-19-2-4-20(5-3-19)21-6-8-22(9-7-21)23-10-12-24(13-11-23)25-14-16-26(17-15-25)28-18-27/h2-17H,1H3. The first kappa shape index (κ1) is 18.1. The predicted octanol–water partition coefficient (Wildman–Crippen LogP) is 7.57. The van der Waals surface area contributed by atoms with Gasteiger partial charge in [-0.05, 0) is 64.2 Å². The molecule has 0 aromatic heterocycles. The summed E-state index contributed by atoms with van der Waals surface area (Å²) in [6, 6.07) is 34.1. The van der Waals surface area contributed by atoms with Gasteiger partial charge in [0.15, 0.2) is 0 Å². The van der Waals surface area contributed by atoms with Crippen LogP contribution in [0.2, 0.25) is 0 Å². The third-order valence-electron chi connectivity index (χ3n) is 4.84. The minimum atomic E-state index is 0.969. The van der Waals surface area contributed by atoms with E-state index in [0.717, 1.165) is 10.5 Å². The Bertz CT molecular complexity index is 1100. The summed E-state index contributed by atoms with van der Waals surface area (Å²) < 4.78 is 0. The van der Waals surface area contributed by atoms with E-state index >= 15 is 0 Å². The number of benzene rings is 4. The first-order chi connectivity index (χ1) is 13.7. The Labute approximate surface area is 170 Å². The zero-order chi connectivity index (χ0) is 19.3. The Morgan fingerprint density at radius 2 is 0.786 bits per heavy atom. The molecule has 134 valence electrons. The normalized spacial score (nSPS) is 10.4. The number of nitriles is 1. The van der Waals surface area contributed by atoms with Crippen LogP contribution in [0.5, 0.6) is 0 Å². The molecule has 4 rings (SSSR count). The van der Waals surface area contributed by atoms with Crippen molar-refractivity contribution in [3.8, 4) is 38.8 Å². The Morgan fingerprint density at radius 3 is 1.11 bits per heavy atom. The second-order valence-electron chi connectivity index (χ2n) is 6.74. The van der Waals surface area contributed by atoms with E-state index in [9.17, 15) is 0 Å². The Morgan fingerprint density at radius 1 is 0.500 bits per heavy atom. The number of hydrogen-bond acceptors (Lipinski definition) is 2. The molecule has 4 aromatic carbocycles. The van der Waals surface area contributed by atoms with Crippen LogP contribution in [0.15, 0.2) is 102 Å². The molecular formula is C26H19NS. The molecule has 0 radical (unpaired) electrons. The Hall–Kier alpha value is -3.28. The van der Waals surface area contributed by atoms with Crippen molar-refractivity contribution in [1.82, 2.24) is 0 Å². The lowest BCUT2D eigenvalue weighted by Crippen LogP contribution is -1.82. The summed E-state index contributed by atoms with van der Waals surface area (Å²) in [5.41, 5.74) is 8.50. The van der Waals surface area contributed by atoms with Gasteiger partial charge in [-0.1, -0.05) is 90.5 Å². The van der Waals surface area contributed by atoms with Gasteiger partial charge in [0.25, 0.3) is 0 Å². The lowest BCUT2D eigenvalue weighted by atomic mass is 9.98. The number of rotatable bonds is 4. The van der Waals surface area contributed by atoms with Crippen LogP contribution in [0.3, 0.4) is 0 Å². The van der Waals surface area contributed by atoms with Crippen molar-refractivity contribution in [2.45, 2.75) is 11.8 Å². The van der Waals surface area contributed by atoms with Gasteiger partial charge >= 0.3 is 0 Å². The van der Waals surface area contributed by atoms with Crippen LogP contribution in [0, 0.1) is 17.6 Å². The molecule has 0 aliphatic carbocycles. The number of thioether (sulfide) groups is 1. The molecule has 0 amide bonds. The molecule has 2 heteroatoms. The highest BCUT2D eigenvalue weighted by Crippen LogP contribution is 2.28. The van der Waals surface area contributed by atoms with Crippen LogP contribution in [0.4, 0.5) is 0 Å². The SMILES string of the molecule is Cc1ccc(-c2ccc(-c3ccc(-c4ccc(SC#N)cc4)cc3)cc2)cc1. The van der Waals surface area contributed by atoms with Gasteiger partial charge in [0, 0.05) is 4.90 Å². The molecule has 0 fully saturated rings. The third-order valence-corrected chi connectivity index (χ3v) is 5.44. The summed E-state index contributed by atoms with van der Waals surface area (Å²) >= 11 is 1.18. The molecule has 0 aliphatic rings. The molecule has 0 atom stereocenters. The van der Waals surface area contributed by atoms with Crippen molar-refractivity contribution < 1.29 is 0 Å². The summed E-state index contributed by atoms with van der Waals surface area (Å²) in [6.45, 7) is 2.11. The molecule has 0 saturated heterocycles. The molecule has 0 spiro atoms. The fourth-order valence-electron chi connectivity index (χ4n) is 3.22. The zero-order valence-electron chi connectivity index (χ0n) is 15.6. The summed E-state index contributed by atoms with van der Waals surface area (Å²) in [7, 11) is 0. The average molecular weight is 378 g/mol. The maximum Gasteiger partial charge on any atom is 0.138 e. The highest BCUT2D eigenvalue weighted by molar-refractivity contribution is 8.03. The third kappa shape index (κ3) is 4.01. The highest BCUT2D eigenvalue weighted by Gasteiger charge is 2.03. The summed E-state index contributed by atoms with van der Waals surface area (Å²) in [4.78, 5) is 0.969. The van der Waals surface area contributed by atoms with Gasteiger partial charge in [0.05, 0.1) is 0 Å². The van der Waals surface area contributed by atoms with Crippen LogP contribution >= 0.6 is 11.8 Å². The first-order valence-corrected chi connectivity index (χ1v) is 9.98. The van der Waals surface area contributed by atoms with Gasteiger partial charge < -0.3 is 0 Å². The number of hydrogen-bond donors (Lipinski definition) is 0. The quantitative estimate of drug-likeness (QED) is 0.270. The van der Waals surface area contributed by atoms with Crippen molar-refractivity contribution in [2.75, 3.05) is 0 Å². The Kier molecular flexibility index (Phi) is 5.28.